The zero-order valence-electron chi connectivity index (χ0n) is 16.3. The van der Waals surface area contributed by atoms with Crippen molar-refractivity contribution in [1.82, 2.24) is 15.0 Å². The van der Waals surface area contributed by atoms with E-state index in [4.69, 9.17) is 4.52 Å². The SMILES string of the molecule is Cc1onc(C(=O)N2CCN(C(c3ccccc3)c3ccccc3)CC2)c1C. The number of nitrogens with zero attached hydrogens (tertiary/aromatic N) is 3. The molecule has 0 spiro atoms. The van der Waals surface area contributed by atoms with Crippen molar-refractivity contribution in [3.8, 4) is 0 Å². The molecule has 0 aliphatic carbocycles. The van der Waals surface area contributed by atoms with Crippen molar-refractivity contribution in [2.45, 2.75) is 19.9 Å². The molecule has 28 heavy (non-hydrogen) atoms. The highest BCUT2D eigenvalue weighted by molar-refractivity contribution is 5.93. The van der Waals surface area contributed by atoms with Crippen molar-refractivity contribution in [3.63, 3.8) is 0 Å². The van der Waals surface area contributed by atoms with Gasteiger partial charge in [-0.3, -0.25) is 9.69 Å². The Morgan fingerprint density at radius 3 is 1.89 bits per heavy atom. The molecule has 1 saturated heterocycles. The van der Waals surface area contributed by atoms with Crippen LogP contribution in [0.4, 0.5) is 0 Å². The van der Waals surface area contributed by atoms with E-state index in [2.05, 4.69) is 58.6 Å². The van der Waals surface area contributed by atoms with Crippen LogP contribution in [0.1, 0.15) is 39.0 Å². The third kappa shape index (κ3) is 3.58. The number of hydrogen-bond acceptors (Lipinski definition) is 4. The van der Waals surface area contributed by atoms with E-state index in [0.717, 1.165) is 18.7 Å². The molecule has 5 heteroatoms. The van der Waals surface area contributed by atoms with Gasteiger partial charge in [-0.2, -0.15) is 0 Å². The molecule has 0 radical (unpaired) electrons. The molecule has 0 unspecified atom stereocenters. The fraction of sp³-hybridized carbons (Fsp3) is 0.304. The first kappa shape index (κ1) is 18.4. The molecule has 2 aromatic carbocycles. The number of hydrogen-bond donors (Lipinski definition) is 0. The first-order valence-electron chi connectivity index (χ1n) is 9.71. The fourth-order valence-electron chi connectivity index (χ4n) is 3.83. The van der Waals surface area contributed by atoms with Crippen molar-refractivity contribution >= 4 is 5.91 Å². The fourth-order valence-corrected chi connectivity index (χ4v) is 3.83. The lowest BCUT2D eigenvalue weighted by molar-refractivity contribution is 0.0587. The smallest absolute Gasteiger partial charge is 0.276 e. The quantitative estimate of drug-likeness (QED) is 0.695. The summed E-state index contributed by atoms with van der Waals surface area (Å²) in [6.07, 6.45) is 0. The summed E-state index contributed by atoms with van der Waals surface area (Å²) in [6.45, 7) is 6.71. The van der Waals surface area contributed by atoms with Crippen LogP contribution in [0, 0.1) is 13.8 Å². The molecule has 5 nitrogen and oxygen atoms in total. The van der Waals surface area contributed by atoms with Crippen molar-refractivity contribution in [2.75, 3.05) is 26.2 Å². The van der Waals surface area contributed by atoms with Crippen LogP contribution >= 0.6 is 0 Å². The zero-order chi connectivity index (χ0) is 19.5. The maximum absolute atomic E-state index is 12.8. The lowest BCUT2D eigenvalue weighted by Crippen LogP contribution is -2.50. The van der Waals surface area contributed by atoms with E-state index in [0.29, 0.717) is 24.5 Å². The van der Waals surface area contributed by atoms with Gasteiger partial charge in [0.2, 0.25) is 0 Å². The number of amides is 1. The number of benzene rings is 2. The van der Waals surface area contributed by atoms with Gasteiger partial charge in [-0.15, -0.1) is 0 Å². The summed E-state index contributed by atoms with van der Waals surface area (Å²) in [6, 6.07) is 21.3. The van der Waals surface area contributed by atoms with Crippen molar-refractivity contribution in [1.29, 1.82) is 0 Å². The summed E-state index contributed by atoms with van der Waals surface area (Å²) in [7, 11) is 0. The Labute approximate surface area is 165 Å². The van der Waals surface area contributed by atoms with Crippen molar-refractivity contribution in [3.05, 3.63) is 88.8 Å². The number of carbonyl (C=O) groups is 1. The van der Waals surface area contributed by atoms with Gasteiger partial charge < -0.3 is 9.42 Å². The molecule has 0 saturated carbocycles. The predicted octanol–water partition coefficient (Wildman–Crippen LogP) is 3.84. The Bertz CT molecular complexity index is 889. The van der Waals surface area contributed by atoms with Crippen LogP contribution in [-0.4, -0.2) is 47.0 Å². The molecule has 1 fully saturated rings. The lowest BCUT2D eigenvalue weighted by Gasteiger charge is -2.39. The molecule has 0 N–H and O–H groups in total. The number of piperazine rings is 1. The minimum absolute atomic E-state index is 0.0371. The van der Waals surface area contributed by atoms with E-state index in [1.807, 2.05) is 30.9 Å². The topological polar surface area (TPSA) is 49.6 Å². The maximum atomic E-state index is 12.8. The third-order valence-electron chi connectivity index (χ3n) is 5.56. The Morgan fingerprint density at radius 1 is 0.893 bits per heavy atom. The van der Waals surface area contributed by atoms with Gasteiger partial charge in [-0.25, -0.2) is 0 Å². The van der Waals surface area contributed by atoms with Crippen LogP contribution in [0.15, 0.2) is 65.2 Å². The molecule has 1 amide bonds. The molecular weight excluding hydrogens is 350 g/mol. The van der Waals surface area contributed by atoms with Gasteiger partial charge in [0.25, 0.3) is 5.91 Å². The van der Waals surface area contributed by atoms with E-state index >= 15 is 0 Å². The average Bonchev–Trinajstić information content (AvgIpc) is 3.08. The molecule has 0 atom stereocenters. The Morgan fingerprint density at radius 2 is 1.43 bits per heavy atom. The van der Waals surface area contributed by atoms with Gasteiger partial charge in [0.15, 0.2) is 5.69 Å². The molecule has 1 aromatic heterocycles. The van der Waals surface area contributed by atoms with E-state index in [1.165, 1.54) is 11.1 Å². The highest BCUT2D eigenvalue weighted by atomic mass is 16.5. The zero-order valence-corrected chi connectivity index (χ0v) is 16.3. The Hall–Kier alpha value is -2.92. The van der Waals surface area contributed by atoms with E-state index in [-0.39, 0.29) is 11.9 Å². The molecule has 1 aliphatic rings. The standard InChI is InChI=1S/C23H25N3O2/c1-17-18(2)28-24-21(17)23(27)26-15-13-25(14-16-26)22(19-9-5-3-6-10-19)20-11-7-4-8-12-20/h3-12,22H,13-16H2,1-2H3. The third-order valence-corrected chi connectivity index (χ3v) is 5.56. The highest BCUT2D eigenvalue weighted by Gasteiger charge is 2.30. The van der Waals surface area contributed by atoms with Gasteiger partial charge in [0.05, 0.1) is 6.04 Å². The second-order valence-corrected chi connectivity index (χ2v) is 7.26. The van der Waals surface area contributed by atoms with Crippen LogP contribution in [0.25, 0.3) is 0 Å². The molecular formula is C23H25N3O2. The number of rotatable bonds is 4. The van der Waals surface area contributed by atoms with E-state index in [9.17, 15) is 4.79 Å². The van der Waals surface area contributed by atoms with Gasteiger partial charge in [0, 0.05) is 31.7 Å². The van der Waals surface area contributed by atoms with Crippen molar-refractivity contribution < 1.29 is 9.32 Å². The number of aryl methyl sites for hydroxylation is 1. The summed E-state index contributed by atoms with van der Waals surface area (Å²) >= 11 is 0. The monoisotopic (exact) mass is 375 g/mol. The maximum Gasteiger partial charge on any atom is 0.276 e. The summed E-state index contributed by atoms with van der Waals surface area (Å²) in [4.78, 5) is 17.2. The van der Waals surface area contributed by atoms with Crippen molar-refractivity contribution in [2.24, 2.45) is 0 Å². The Balaban J connectivity index is 1.52. The second-order valence-electron chi connectivity index (χ2n) is 7.26. The molecule has 4 rings (SSSR count). The van der Waals surface area contributed by atoms with Gasteiger partial charge in [0.1, 0.15) is 5.76 Å². The molecule has 1 aliphatic heterocycles. The van der Waals surface area contributed by atoms with E-state index < -0.39 is 0 Å². The van der Waals surface area contributed by atoms with Crippen LogP contribution in [0.2, 0.25) is 0 Å². The molecule has 3 aromatic rings. The van der Waals surface area contributed by atoms with Crippen LogP contribution in [0.5, 0.6) is 0 Å². The second kappa shape index (κ2) is 7.98. The first-order chi connectivity index (χ1) is 13.6. The van der Waals surface area contributed by atoms with Crippen LogP contribution in [-0.2, 0) is 0 Å². The summed E-state index contributed by atoms with van der Waals surface area (Å²) in [5, 5.41) is 3.96. The summed E-state index contributed by atoms with van der Waals surface area (Å²) in [5.74, 6) is 0.667. The largest absolute Gasteiger partial charge is 0.361 e. The van der Waals surface area contributed by atoms with Crippen LogP contribution < -0.4 is 0 Å². The predicted molar refractivity (Wildman–Crippen MR) is 108 cm³/mol. The normalized spacial score (nSPS) is 15.2. The summed E-state index contributed by atoms with van der Waals surface area (Å²) in [5.41, 5.74) is 3.82. The minimum atomic E-state index is -0.0371. The highest BCUT2D eigenvalue weighted by Crippen LogP contribution is 2.29. The molecule has 144 valence electrons. The van der Waals surface area contributed by atoms with Gasteiger partial charge in [-0.1, -0.05) is 65.8 Å². The first-order valence-corrected chi connectivity index (χ1v) is 9.71. The molecule has 0 bridgehead atoms. The van der Waals surface area contributed by atoms with E-state index in [1.54, 1.807) is 0 Å². The number of carbonyl (C=O) groups excluding carboxylic acids is 1. The minimum Gasteiger partial charge on any atom is -0.361 e. The number of aromatic nitrogens is 1. The molecule has 2 heterocycles. The van der Waals surface area contributed by atoms with Gasteiger partial charge >= 0.3 is 0 Å². The summed E-state index contributed by atoms with van der Waals surface area (Å²) < 4.78 is 5.17. The Kier molecular flexibility index (Phi) is 5.26. The van der Waals surface area contributed by atoms with Crippen LogP contribution in [0.3, 0.4) is 0 Å². The lowest BCUT2D eigenvalue weighted by atomic mass is 9.96. The van der Waals surface area contributed by atoms with Gasteiger partial charge in [-0.05, 0) is 25.0 Å². The average molecular weight is 375 g/mol.